The van der Waals surface area contributed by atoms with Gasteiger partial charge in [0.2, 0.25) is 0 Å². The molecular formula is C13H15NO3. The Balaban J connectivity index is 1.78. The van der Waals surface area contributed by atoms with Crippen LogP contribution < -0.4 is 10.1 Å². The van der Waals surface area contributed by atoms with E-state index in [0.29, 0.717) is 6.54 Å². The lowest BCUT2D eigenvalue weighted by molar-refractivity contribution is 0.0603. The van der Waals surface area contributed by atoms with Crippen molar-refractivity contribution in [2.75, 3.05) is 0 Å². The highest BCUT2D eigenvalue weighted by Crippen LogP contribution is 2.27. The lowest BCUT2D eigenvalue weighted by Gasteiger charge is -2.17. The molecule has 1 amide bonds. The van der Waals surface area contributed by atoms with E-state index in [1.165, 1.54) is 0 Å². The Hall–Kier alpha value is -1.55. The summed E-state index contributed by atoms with van der Waals surface area (Å²) < 4.78 is 5.76. The molecule has 0 spiro atoms. The molecule has 2 N–H and O–H groups in total. The minimum absolute atomic E-state index is 0.0209. The molecule has 0 aromatic heterocycles. The van der Waals surface area contributed by atoms with Crippen LogP contribution in [0.1, 0.15) is 35.2 Å². The van der Waals surface area contributed by atoms with Crippen molar-refractivity contribution in [1.82, 2.24) is 5.32 Å². The summed E-state index contributed by atoms with van der Waals surface area (Å²) in [6.45, 7) is 0.568. The van der Waals surface area contributed by atoms with Gasteiger partial charge in [-0.1, -0.05) is 0 Å². The van der Waals surface area contributed by atoms with Gasteiger partial charge < -0.3 is 15.2 Å². The van der Waals surface area contributed by atoms with E-state index in [1.807, 2.05) is 6.07 Å². The number of carbonyl (C=O) groups is 1. The minimum Gasteiger partial charge on any atom is -0.488 e. The second-order valence-electron chi connectivity index (χ2n) is 4.66. The number of ether oxygens (including phenoxy) is 1. The van der Waals surface area contributed by atoms with Crippen LogP contribution in [0, 0.1) is 0 Å². The maximum atomic E-state index is 11.4. The zero-order valence-corrected chi connectivity index (χ0v) is 9.48. The zero-order chi connectivity index (χ0) is 11.8. The molecule has 2 aliphatic rings. The smallest absolute Gasteiger partial charge is 0.251 e. The molecule has 2 atom stereocenters. The molecule has 1 saturated carbocycles. The molecule has 1 aliphatic carbocycles. The molecule has 1 aliphatic heterocycles. The number of amides is 1. The molecule has 0 bridgehead atoms. The van der Waals surface area contributed by atoms with Crippen molar-refractivity contribution < 1.29 is 14.6 Å². The zero-order valence-electron chi connectivity index (χ0n) is 9.48. The summed E-state index contributed by atoms with van der Waals surface area (Å²) in [5.41, 5.74) is 1.70. The van der Waals surface area contributed by atoms with Crippen molar-refractivity contribution in [2.45, 2.75) is 38.0 Å². The second-order valence-corrected chi connectivity index (χ2v) is 4.66. The summed E-state index contributed by atoms with van der Waals surface area (Å²) in [7, 11) is 0. The first-order chi connectivity index (χ1) is 8.24. The molecule has 1 heterocycles. The average Bonchev–Trinajstić information content (AvgIpc) is 2.87. The van der Waals surface area contributed by atoms with Crippen molar-refractivity contribution in [3.8, 4) is 5.75 Å². The highest BCUT2D eigenvalue weighted by Gasteiger charge is 2.27. The summed E-state index contributed by atoms with van der Waals surface area (Å²) in [5.74, 6) is 0.721. The van der Waals surface area contributed by atoms with Crippen molar-refractivity contribution in [3.63, 3.8) is 0 Å². The van der Waals surface area contributed by atoms with E-state index in [2.05, 4.69) is 5.32 Å². The number of hydrogen-bond donors (Lipinski definition) is 2. The molecule has 4 nitrogen and oxygen atoms in total. The van der Waals surface area contributed by atoms with Gasteiger partial charge in [0.1, 0.15) is 11.9 Å². The monoisotopic (exact) mass is 233 g/mol. The Morgan fingerprint density at radius 3 is 3.00 bits per heavy atom. The molecule has 17 heavy (non-hydrogen) atoms. The Morgan fingerprint density at radius 2 is 2.24 bits per heavy atom. The molecule has 2 unspecified atom stereocenters. The van der Waals surface area contributed by atoms with Gasteiger partial charge in [0, 0.05) is 12.1 Å². The topological polar surface area (TPSA) is 58.6 Å². The van der Waals surface area contributed by atoms with Crippen LogP contribution in [-0.2, 0) is 6.54 Å². The number of fused-ring (bicyclic) bond motifs is 1. The predicted molar refractivity (Wildman–Crippen MR) is 61.9 cm³/mol. The Kier molecular flexibility index (Phi) is 2.52. The van der Waals surface area contributed by atoms with Crippen molar-refractivity contribution in [3.05, 3.63) is 29.3 Å². The summed E-state index contributed by atoms with van der Waals surface area (Å²) >= 11 is 0. The Labute approximate surface area is 99.6 Å². The molecule has 0 radical (unpaired) electrons. The van der Waals surface area contributed by atoms with Crippen LogP contribution in [0.25, 0.3) is 0 Å². The first-order valence-electron chi connectivity index (χ1n) is 6.00. The average molecular weight is 233 g/mol. The van der Waals surface area contributed by atoms with Crippen LogP contribution in [0.2, 0.25) is 0 Å². The van der Waals surface area contributed by atoms with E-state index >= 15 is 0 Å². The maximum Gasteiger partial charge on any atom is 0.251 e. The third kappa shape index (κ3) is 1.89. The molecule has 0 saturated heterocycles. The first-order valence-corrected chi connectivity index (χ1v) is 6.00. The number of aliphatic hydroxyl groups is 1. The van der Waals surface area contributed by atoms with E-state index in [1.54, 1.807) is 12.1 Å². The molecule has 1 fully saturated rings. The fraction of sp³-hybridized carbons (Fsp3) is 0.462. The lowest BCUT2D eigenvalue weighted by Crippen LogP contribution is -2.25. The second kappa shape index (κ2) is 4.04. The summed E-state index contributed by atoms with van der Waals surface area (Å²) in [5, 5.41) is 12.5. The van der Waals surface area contributed by atoms with E-state index in [-0.39, 0.29) is 18.1 Å². The number of aliphatic hydroxyl groups excluding tert-OH is 1. The third-order valence-corrected chi connectivity index (χ3v) is 3.47. The van der Waals surface area contributed by atoms with Gasteiger partial charge in [-0.25, -0.2) is 0 Å². The van der Waals surface area contributed by atoms with E-state index in [4.69, 9.17) is 4.74 Å². The number of rotatable bonds is 2. The van der Waals surface area contributed by atoms with Crippen LogP contribution in [0.4, 0.5) is 0 Å². The van der Waals surface area contributed by atoms with Gasteiger partial charge in [0.15, 0.2) is 0 Å². The fourth-order valence-corrected chi connectivity index (χ4v) is 2.50. The molecule has 1 aromatic carbocycles. The van der Waals surface area contributed by atoms with Crippen molar-refractivity contribution >= 4 is 5.91 Å². The largest absolute Gasteiger partial charge is 0.488 e. The molecule has 3 rings (SSSR count). The standard InChI is InChI=1S/C13H15NO3/c15-11-2-1-3-12(11)17-9-4-5-10-8(6-9)7-14-13(10)16/h4-6,11-12,15H,1-3,7H2,(H,14,16). The highest BCUT2D eigenvalue weighted by molar-refractivity contribution is 5.98. The SMILES string of the molecule is O=C1NCc2cc(OC3CCCC3O)ccc21. The van der Waals surface area contributed by atoms with Gasteiger partial charge in [-0.2, -0.15) is 0 Å². The molecular weight excluding hydrogens is 218 g/mol. The Bertz CT molecular complexity index is 458. The van der Waals surface area contributed by atoms with Crippen LogP contribution in [0.15, 0.2) is 18.2 Å². The molecule has 90 valence electrons. The highest BCUT2D eigenvalue weighted by atomic mass is 16.5. The lowest BCUT2D eigenvalue weighted by atomic mass is 10.1. The van der Waals surface area contributed by atoms with Crippen LogP contribution in [0.3, 0.4) is 0 Å². The van der Waals surface area contributed by atoms with Gasteiger partial charge in [-0.05, 0) is 43.0 Å². The summed E-state index contributed by atoms with van der Waals surface area (Å²) in [4.78, 5) is 11.4. The van der Waals surface area contributed by atoms with E-state index < -0.39 is 0 Å². The number of carbonyl (C=O) groups excluding carboxylic acids is 1. The van der Waals surface area contributed by atoms with E-state index in [0.717, 1.165) is 36.1 Å². The van der Waals surface area contributed by atoms with Crippen molar-refractivity contribution in [1.29, 1.82) is 0 Å². The van der Waals surface area contributed by atoms with Crippen LogP contribution in [0.5, 0.6) is 5.75 Å². The van der Waals surface area contributed by atoms with Gasteiger partial charge in [-0.15, -0.1) is 0 Å². The number of benzene rings is 1. The maximum absolute atomic E-state index is 11.4. The van der Waals surface area contributed by atoms with Gasteiger partial charge in [0.25, 0.3) is 5.91 Å². The molecule has 4 heteroatoms. The van der Waals surface area contributed by atoms with Crippen LogP contribution >= 0.6 is 0 Å². The van der Waals surface area contributed by atoms with Gasteiger partial charge in [0.05, 0.1) is 6.10 Å². The van der Waals surface area contributed by atoms with Gasteiger partial charge in [-0.3, -0.25) is 4.79 Å². The summed E-state index contributed by atoms with van der Waals surface area (Å²) in [6, 6.07) is 5.47. The number of nitrogens with one attached hydrogen (secondary N) is 1. The predicted octanol–water partition coefficient (Wildman–Crippen LogP) is 1.22. The normalized spacial score (nSPS) is 26.8. The molecule has 1 aromatic rings. The number of hydrogen-bond acceptors (Lipinski definition) is 3. The van der Waals surface area contributed by atoms with Gasteiger partial charge >= 0.3 is 0 Å². The van der Waals surface area contributed by atoms with E-state index in [9.17, 15) is 9.90 Å². The quantitative estimate of drug-likeness (QED) is 0.807. The first kappa shape index (κ1) is 10.6. The third-order valence-electron chi connectivity index (χ3n) is 3.47. The summed E-state index contributed by atoms with van der Waals surface area (Å²) in [6.07, 6.45) is 2.27. The fourth-order valence-electron chi connectivity index (χ4n) is 2.50. The minimum atomic E-state index is -0.358. The van der Waals surface area contributed by atoms with Crippen molar-refractivity contribution in [2.24, 2.45) is 0 Å². The Morgan fingerprint density at radius 1 is 1.35 bits per heavy atom. The van der Waals surface area contributed by atoms with Crippen LogP contribution in [-0.4, -0.2) is 23.2 Å².